The van der Waals surface area contributed by atoms with Crippen LogP contribution in [0.4, 0.5) is 0 Å². The van der Waals surface area contributed by atoms with Gasteiger partial charge in [0.25, 0.3) is 0 Å². The zero-order chi connectivity index (χ0) is 31.3. The molecule has 222 valence electrons. The van der Waals surface area contributed by atoms with Gasteiger partial charge in [-0.1, -0.05) is 105 Å². The predicted molar refractivity (Wildman–Crippen MR) is 194 cm³/mol. The molecule has 0 bridgehead atoms. The Morgan fingerprint density at radius 2 is 1.28 bits per heavy atom. The molecule has 6 aromatic carbocycles. The Bertz CT molecular complexity index is 2710. The summed E-state index contributed by atoms with van der Waals surface area (Å²) in [5.74, 6) is 0.671. The number of hydrogen-bond donors (Lipinski definition) is 0. The van der Waals surface area contributed by atoms with Crippen LogP contribution in [0.25, 0.3) is 77.6 Å². The number of aromatic nitrogens is 4. The summed E-state index contributed by atoms with van der Waals surface area (Å²) in [6.07, 6.45) is 2.16. The SMILES string of the molecule is CC1(C)c2ccccc2-c2ccc(-c3nc(-n4c5ccccc5c5cc6ccn(-c7ccccc7)c6cc54)nc4ccccc34)cc21. The minimum Gasteiger partial charge on any atom is -0.316 e. The van der Waals surface area contributed by atoms with E-state index in [0.29, 0.717) is 5.95 Å². The summed E-state index contributed by atoms with van der Waals surface area (Å²) in [7, 11) is 0. The van der Waals surface area contributed by atoms with Gasteiger partial charge in [0, 0.05) is 44.4 Å². The number of rotatable bonds is 3. The van der Waals surface area contributed by atoms with Crippen LogP contribution in [0.3, 0.4) is 0 Å². The van der Waals surface area contributed by atoms with Gasteiger partial charge in [-0.05, 0) is 70.8 Å². The summed E-state index contributed by atoms with van der Waals surface area (Å²) < 4.78 is 4.50. The van der Waals surface area contributed by atoms with Gasteiger partial charge in [0.05, 0.1) is 27.8 Å². The monoisotopic (exact) mass is 602 g/mol. The molecule has 0 fully saturated rings. The average Bonchev–Trinajstić information content (AvgIpc) is 3.75. The normalized spacial score (nSPS) is 13.5. The number of para-hydroxylation sites is 3. The molecule has 0 saturated heterocycles. The van der Waals surface area contributed by atoms with Crippen molar-refractivity contribution in [1.29, 1.82) is 0 Å². The Morgan fingerprint density at radius 3 is 2.17 bits per heavy atom. The molecule has 4 heteroatoms. The summed E-state index contributed by atoms with van der Waals surface area (Å²) in [6, 6.07) is 50.0. The molecule has 0 unspecified atom stereocenters. The molecule has 0 spiro atoms. The van der Waals surface area contributed by atoms with Crippen LogP contribution in [0.1, 0.15) is 25.0 Å². The summed E-state index contributed by atoms with van der Waals surface area (Å²) >= 11 is 0. The maximum Gasteiger partial charge on any atom is 0.235 e. The number of hydrogen-bond acceptors (Lipinski definition) is 2. The van der Waals surface area contributed by atoms with Gasteiger partial charge in [0.2, 0.25) is 5.95 Å². The van der Waals surface area contributed by atoms with E-state index >= 15 is 0 Å². The molecule has 0 amide bonds. The molecule has 3 heterocycles. The lowest BCUT2D eigenvalue weighted by Gasteiger charge is -2.22. The van der Waals surface area contributed by atoms with Crippen molar-refractivity contribution < 1.29 is 0 Å². The Morgan fingerprint density at radius 1 is 0.532 bits per heavy atom. The third kappa shape index (κ3) is 3.70. The van der Waals surface area contributed by atoms with E-state index in [-0.39, 0.29) is 5.41 Å². The van der Waals surface area contributed by atoms with E-state index in [2.05, 4.69) is 169 Å². The van der Waals surface area contributed by atoms with Gasteiger partial charge < -0.3 is 4.57 Å². The molecule has 1 aliphatic rings. The van der Waals surface area contributed by atoms with Crippen molar-refractivity contribution in [2.24, 2.45) is 0 Å². The second-order valence-electron chi connectivity index (χ2n) is 13.1. The molecule has 0 aliphatic heterocycles. The van der Waals surface area contributed by atoms with Crippen LogP contribution in [0.2, 0.25) is 0 Å². The molecule has 10 rings (SSSR count). The quantitative estimate of drug-likeness (QED) is 0.202. The predicted octanol–water partition coefficient (Wildman–Crippen LogP) is 10.6. The van der Waals surface area contributed by atoms with Crippen LogP contribution in [-0.2, 0) is 5.41 Å². The van der Waals surface area contributed by atoms with E-state index < -0.39 is 0 Å². The fourth-order valence-electron chi connectivity index (χ4n) is 7.86. The second kappa shape index (κ2) is 9.51. The Labute approximate surface area is 272 Å². The fourth-order valence-corrected chi connectivity index (χ4v) is 7.86. The second-order valence-corrected chi connectivity index (χ2v) is 13.1. The zero-order valence-corrected chi connectivity index (χ0v) is 26.1. The number of nitrogens with zero attached hydrogens (tertiary/aromatic N) is 4. The molecule has 47 heavy (non-hydrogen) atoms. The molecular formula is C43H30N4. The Hall–Kier alpha value is -6.00. The van der Waals surface area contributed by atoms with Gasteiger partial charge in [0.1, 0.15) is 0 Å². The Balaban J connectivity index is 1.24. The average molecular weight is 603 g/mol. The standard InChI is InChI=1S/C43H30N4/c1-43(2)35-17-9-6-14-30(35)31-21-20-28(25-36(31)43)41-33-16-7-10-18-37(33)44-42(45-41)47-38-19-11-8-15-32(38)34-24-27-22-23-46(39(27)26-40(34)47)29-12-4-3-5-13-29/h3-26H,1-2H3. The largest absolute Gasteiger partial charge is 0.316 e. The molecule has 1 aliphatic carbocycles. The third-order valence-corrected chi connectivity index (χ3v) is 10.2. The van der Waals surface area contributed by atoms with E-state index in [9.17, 15) is 0 Å². The van der Waals surface area contributed by atoms with Crippen LogP contribution >= 0.6 is 0 Å². The molecule has 0 radical (unpaired) electrons. The maximum atomic E-state index is 5.43. The van der Waals surface area contributed by atoms with Crippen molar-refractivity contribution in [3.05, 3.63) is 157 Å². The van der Waals surface area contributed by atoms with Gasteiger partial charge in [-0.2, -0.15) is 0 Å². The van der Waals surface area contributed by atoms with Crippen molar-refractivity contribution in [2.45, 2.75) is 19.3 Å². The first-order valence-corrected chi connectivity index (χ1v) is 16.2. The fraction of sp³-hybridized carbons (Fsp3) is 0.0698. The van der Waals surface area contributed by atoms with Crippen molar-refractivity contribution in [2.75, 3.05) is 0 Å². The highest BCUT2D eigenvalue weighted by molar-refractivity contribution is 6.13. The van der Waals surface area contributed by atoms with E-state index in [4.69, 9.17) is 9.97 Å². The van der Waals surface area contributed by atoms with Crippen molar-refractivity contribution in [3.8, 4) is 34.0 Å². The van der Waals surface area contributed by atoms with Crippen molar-refractivity contribution in [3.63, 3.8) is 0 Å². The number of benzene rings is 6. The minimum absolute atomic E-state index is 0.0977. The van der Waals surface area contributed by atoms with Gasteiger partial charge >= 0.3 is 0 Å². The van der Waals surface area contributed by atoms with Crippen LogP contribution < -0.4 is 0 Å². The van der Waals surface area contributed by atoms with E-state index in [1.807, 2.05) is 0 Å². The molecule has 0 atom stereocenters. The van der Waals surface area contributed by atoms with Gasteiger partial charge in [0.15, 0.2) is 0 Å². The highest BCUT2D eigenvalue weighted by Crippen LogP contribution is 2.49. The minimum atomic E-state index is -0.0977. The lowest BCUT2D eigenvalue weighted by atomic mass is 9.82. The molecule has 9 aromatic rings. The van der Waals surface area contributed by atoms with Crippen LogP contribution in [-0.4, -0.2) is 19.1 Å². The first kappa shape index (κ1) is 26.2. The lowest BCUT2D eigenvalue weighted by Crippen LogP contribution is -2.15. The summed E-state index contributed by atoms with van der Waals surface area (Å²) in [4.78, 5) is 10.7. The van der Waals surface area contributed by atoms with Crippen molar-refractivity contribution in [1.82, 2.24) is 19.1 Å². The zero-order valence-electron chi connectivity index (χ0n) is 26.1. The van der Waals surface area contributed by atoms with Crippen LogP contribution in [0.5, 0.6) is 0 Å². The molecule has 0 saturated carbocycles. The molecular weight excluding hydrogens is 573 g/mol. The topological polar surface area (TPSA) is 35.6 Å². The smallest absolute Gasteiger partial charge is 0.235 e. The summed E-state index contributed by atoms with van der Waals surface area (Å²) in [6.45, 7) is 4.66. The van der Waals surface area contributed by atoms with Gasteiger partial charge in [-0.3, -0.25) is 4.57 Å². The van der Waals surface area contributed by atoms with Gasteiger partial charge in [-0.15, -0.1) is 0 Å². The summed E-state index contributed by atoms with van der Waals surface area (Å²) in [5.41, 5.74) is 12.7. The van der Waals surface area contributed by atoms with Crippen LogP contribution in [0, 0.1) is 0 Å². The van der Waals surface area contributed by atoms with Gasteiger partial charge in [-0.25, -0.2) is 9.97 Å². The summed E-state index contributed by atoms with van der Waals surface area (Å²) in [5, 5.41) is 4.62. The highest BCUT2D eigenvalue weighted by Gasteiger charge is 2.35. The molecule has 4 nitrogen and oxygen atoms in total. The first-order chi connectivity index (χ1) is 23.1. The lowest BCUT2D eigenvalue weighted by molar-refractivity contribution is 0.660. The number of fused-ring (bicyclic) bond motifs is 8. The van der Waals surface area contributed by atoms with E-state index in [0.717, 1.165) is 44.4 Å². The third-order valence-electron chi connectivity index (χ3n) is 10.2. The van der Waals surface area contributed by atoms with Crippen LogP contribution in [0.15, 0.2) is 146 Å². The highest BCUT2D eigenvalue weighted by atomic mass is 15.2. The maximum absolute atomic E-state index is 5.43. The van der Waals surface area contributed by atoms with E-state index in [1.165, 1.54) is 38.4 Å². The van der Waals surface area contributed by atoms with Crippen molar-refractivity contribution >= 4 is 43.6 Å². The first-order valence-electron chi connectivity index (χ1n) is 16.2. The molecule has 0 N–H and O–H groups in total. The molecule has 3 aromatic heterocycles. The van der Waals surface area contributed by atoms with E-state index in [1.54, 1.807) is 0 Å². The Kier molecular flexibility index (Phi) is 5.31.